The molecule has 0 saturated heterocycles. The lowest BCUT2D eigenvalue weighted by atomic mass is 10.0. The van der Waals surface area contributed by atoms with Crippen molar-refractivity contribution in [1.29, 1.82) is 0 Å². The molecule has 162 valence electrons. The van der Waals surface area contributed by atoms with Gasteiger partial charge in [-0.1, -0.05) is 105 Å². The number of carbonyl (C=O) groups excluding carboxylic acids is 1. The molecule has 0 unspecified atom stereocenters. The van der Waals surface area contributed by atoms with E-state index in [1.807, 2.05) is 66.7 Å². The van der Waals surface area contributed by atoms with E-state index < -0.39 is 0 Å². The van der Waals surface area contributed by atoms with Crippen LogP contribution in [0.25, 0.3) is 0 Å². The maximum atomic E-state index is 13.3. The minimum Gasteiger partial charge on any atom is -0.460 e. The topological polar surface area (TPSA) is 29.5 Å². The van der Waals surface area contributed by atoms with E-state index in [0.29, 0.717) is 25.6 Å². The molecule has 3 rings (SSSR count). The van der Waals surface area contributed by atoms with E-state index in [2.05, 4.69) is 43.0 Å². The van der Waals surface area contributed by atoms with Gasteiger partial charge in [0.1, 0.15) is 12.6 Å². The predicted molar refractivity (Wildman–Crippen MR) is 126 cm³/mol. The van der Waals surface area contributed by atoms with E-state index in [1.54, 1.807) is 0 Å². The van der Waals surface area contributed by atoms with Gasteiger partial charge in [-0.2, -0.15) is 0 Å². The zero-order valence-corrected chi connectivity index (χ0v) is 18.6. The van der Waals surface area contributed by atoms with Gasteiger partial charge in [-0.15, -0.1) is 0 Å². The number of hydrogen-bond acceptors (Lipinski definition) is 3. The molecule has 0 aliphatic rings. The number of carbonyl (C=O) groups is 1. The average molecular weight is 416 g/mol. The molecule has 3 aromatic carbocycles. The molecule has 0 aromatic heterocycles. The first-order valence-electron chi connectivity index (χ1n) is 11.1. The van der Waals surface area contributed by atoms with Gasteiger partial charge in [0, 0.05) is 13.1 Å². The van der Waals surface area contributed by atoms with Crippen molar-refractivity contribution in [3.8, 4) is 0 Å². The molecule has 0 saturated carbocycles. The molecule has 0 bridgehead atoms. The smallest absolute Gasteiger partial charge is 0.323 e. The van der Waals surface area contributed by atoms with Crippen molar-refractivity contribution in [2.24, 2.45) is 5.92 Å². The number of ether oxygens (including phenoxy) is 1. The largest absolute Gasteiger partial charge is 0.460 e. The minimum absolute atomic E-state index is 0.142. The summed E-state index contributed by atoms with van der Waals surface area (Å²) in [7, 11) is 0. The van der Waals surface area contributed by atoms with Crippen LogP contribution in [0.2, 0.25) is 0 Å². The molecular weight excluding hydrogens is 382 g/mol. The van der Waals surface area contributed by atoms with Crippen LogP contribution in [-0.2, 0) is 29.2 Å². The molecule has 3 aromatic rings. The standard InChI is InChI=1S/C28H33NO2/c1-23(2)18-19-27(28(30)31-22-26-16-10-5-11-17-26)29(20-24-12-6-3-7-13-24)21-25-14-8-4-9-15-25/h3-17,23,27H,18-22H2,1-2H3/t27-/m0/s1. The number of hydrogen-bond donors (Lipinski definition) is 0. The highest BCUT2D eigenvalue weighted by Gasteiger charge is 2.28. The summed E-state index contributed by atoms with van der Waals surface area (Å²) in [4.78, 5) is 15.6. The van der Waals surface area contributed by atoms with Crippen LogP contribution in [0.1, 0.15) is 43.4 Å². The highest BCUT2D eigenvalue weighted by atomic mass is 16.5. The third-order valence-corrected chi connectivity index (χ3v) is 5.41. The molecule has 0 spiro atoms. The van der Waals surface area contributed by atoms with E-state index >= 15 is 0 Å². The first-order valence-corrected chi connectivity index (χ1v) is 11.1. The molecule has 0 amide bonds. The number of rotatable bonds is 11. The van der Waals surface area contributed by atoms with Gasteiger partial charge in [-0.05, 0) is 35.4 Å². The second-order valence-corrected chi connectivity index (χ2v) is 8.46. The van der Waals surface area contributed by atoms with Crippen molar-refractivity contribution < 1.29 is 9.53 Å². The number of esters is 1. The molecule has 0 aliphatic heterocycles. The summed E-state index contributed by atoms with van der Waals surface area (Å²) in [6.45, 7) is 6.12. The van der Waals surface area contributed by atoms with Crippen molar-refractivity contribution in [3.05, 3.63) is 108 Å². The molecule has 31 heavy (non-hydrogen) atoms. The maximum Gasteiger partial charge on any atom is 0.323 e. The maximum absolute atomic E-state index is 13.3. The van der Waals surface area contributed by atoms with Crippen molar-refractivity contribution >= 4 is 5.97 Å². The Morgan fingerprint density at radius 1 is 0.710 bits per heavy atom. The van der Waals surface area contributed by atoms with Crippen LogP contribution >= 0.6 is 0 Å². The molecule has 3 nitrogen and oxygen atoms in total. The predicted octanol–water partition coefficient (Wildman–Crippen LogP) is 6.24. The van der Waals surface area contributed by atoms with Gasteiger partial charge < -0.3 is 4.74 Å². The van der Waals surface area contributed by atoms with Crippen LogP contribution in [0, 0.1) is 5.92 Å². The second-order valence-electron chi connectivity index (χ2n) is 8.46. The van der Waals surface area contributed by atoms with Gasteiger partial charge in [0.05, 0.1) is 0 Å². The SMILES string of the molecule is CC(C)CC[C@@H](C(=O)OCc1ccccc1)N(Cc1ccccc1)Cc1ccccc1. The lowest BCUT2D eigenvalue weighted by molar-refractivity contribution is -0.152. The van der Waals surface area contributed by atoms with Crippen LogP contribution in [0.5, 0.6) is 0 Å². The molecule has 0 N–H and O–H groups in total. The molecule has 0 fully saturated rings. The Hall–Kier alpha value is -2.91. The summed E-state index contributed by atoms with van der Waals surface area (Å²) < 4.78 is 5.80. The Morgan fingerprint density at radius 3 is 1.61 bits per heavy atom. The van der Waals surface area contributed by atoms with Crippen LogP contribution in [-0.4, -0.2) is 16.9 Å². The second kappa shape index (κ2) is 12.1. The Balaban J connectivity index is 1.80. The quantitative estimate of drug-likeness (QED) is 0.347. The fraction of sp³-hybridized carbons (Fsp3) is 0.321. The van der Waals surface area contributed by atoms with Gasteiger partial charge in [0.25, 0.3) is 0 Å². The third kappa shape index (κ3) is 7.69. The first kappa shape index (κ1) is 22.8. The molecule has 0 radical (unpaired) electrons. The Morgan fingerprint density at radius 2 is 1.16 bits per heavy atom. The first-order chi connectivity index (χ1) is 15.1. The summed E-state index contributed by atoms with van der Waals surface area (Å²) >= 11 is 0. The van der Waals surface area contributed by atoms with Gasteiger partial charge in [0.2, 0.25) is 0 Å². The van der Waals surface area contributed by atoms with E-state index in [-0.39, 0.29) is 12.0 Å². The molecule has 0 heterocycles. The van der Waals surface area contributed by atoms with Gasteiger partial charge >= 0.3 is 5.97 Å². The lowest BCUT2D eigenvalue weighted by Crippen LogP contribution is -2.41. The molecule has 0 aliphatic carbocycles. The summed E-state index contributed by atoms with van der Waals surface area (Å²) in [5.41, 5.74) is 3.41. The van der Waals surface area contributed by atoms with E-state index in [1.165, 1.54) is 11.1 Å². The fourth-order valence-corrected chi connectivity index (χ4v) is 3.68. The Labute approximate surface area is 186 Å². The van der Waals surface area contributed by atoms with Crippen LogP contribution in [0.4, 0.5) is 0 Å². The monoisotopic (exact) mass is 415 g/mol. The number of nitrogens with zero attached hydrogens (tertiary/aromatic N) is 1. The van der Waals surface area contributed by atoms with Crippen LogP contribution < -0.4 is 0 Å². The Bertz CT molecular complexity index is 853. The lowest BCUT2D eigenvalue weighted by Gasteiger charge is -2.31. The summed E-state index contributed by atoms with van der Waals surface area (Å²) in [5, 5.41) is 0. The fourth-order valence-electron chi connectivity index (χ4n) is 3.68. The van der Waals surface area contributed by atoms with Crippen molar-refractivity contribution in [2.45, 2.75) is 52.4 Å². The van der Waals surface area contributed by atoms with Crippen molar-refractivity contribution in [1.82, 2.24) is 4.90 Å². The highest BCUT2D eigenvalue weighted by Crippen LogP contribution is 2.20. The normalized spacial score (nSPS) is 12.1. The van der Waals surface area contributed by atoms with Gasteiger partial charge in [-0.25, -0.2) is 0 Å². The van der Waals surface area contributed by atoms with Gasteiger partial charge in [-0.3, -0.25) is 9.69 Å². The zero-order chi connectivity index (χ0) is 21.9. The highest BCUT2D eigenvalue weighted by molar-refractivity contribution is 5.75. The number of benzene rings is 3. The molecule has 1 atom stereocenters. The van der Waals surface area contributed by atoms with Crippen LogP contribution in [0.15, 0.2) is 91.0 Å². The van der Waals surface area contributed by atoms with E-state index in [0.717, 1.165) is 18.4 Å². The van der Waals surface area contributed by atoms with Gasteiger partial charge in [0.15, 0.2) is 0 Å². The third-order valence-electron chi connectivity index (χ3n) is 5.41. The van der Waals surface area contributed by atoms with Crippen molar-refractivity contribution in [2.75, 3.05) is 0 Å². The molecule has 3 heteroatoms. The summed E-state index contributed by atoms with van der Waals surface area (Å²) in [6, 6.07) is 30.3. The minimum atomic E-state index is -0.286. The summed E-state index contributed by atoms with van der Waals surface area (Å²) in [5.74, 6) is 0.385. The van der Waals surface area contributed by atoms with E-state index in [9.17, 15) is 4.79 Å². The Kier molecular flexibility index (Phi) is 8.86. The average Bonchev–Trinajstić information content (AvgIpc) is 2.79. The van der Waals surface area contributed by atoms with E-state index in [4.69, 9.17) is 4.74 Å². The zero-order valence-electron chi connectivity index (χ0n) is 18.6. The van der Waals surface area contributed by atoms with Crippen LogP contribution in [0.3, 0.4) is 0 Å². The summed E-state index contributed by atoms with van der Waals surface area (Å²) in [6.07, 6.45) is 1.76. The molecular formula is C28H33NO2. The van der Waals surface area contributed by atoms with Crippen molar-refractivity contribution in [3.63, 3.8) is 0 Å².